The molecule has 3 heteroatoms. The molecule has 1 amide bonds. The Bertz CT molecular complexity index is 399. The number of hydrogen-bond donors (Lipinski definition) is 1. The van der Waals surface area contributed by atoms with E-state index in [1.165, 1.54) is 5.56 Å². The summed E-state index contributed by atoms with van der Waals surface area (Å²) in [5.41, 5.74) is 2.57. The molecular weight excluding hydrogens is 222 g/mol. The molecule has 0 aliphatic carbocycles. The predicted octanol–water partition coefficient (Wildman–Crippen LogP) is 3.51. The van der Waals surface area contributed by atoms with E-state index in [0.717, 1.165) is 11.3 Å². The number of carbonyl (C=O) groups is 1. The highest BCUT2D eigenvalue weighted by Crippen LogP contribution is 2.22. The van der Waals surface area contributed by atoms with Crippen LogP contribution in [0.1, 0.15) is 25.0 Å². The molecule has 1 aromatic carbocycles. The van der Waals surface area contributed by atoms with Gasteiger partial charge in [-0.1, -0.05) is 17.7 Å². The summed E-state index contributed by atoms with van der Waals surface area (Å²) in [5, 5.41) is 2.91. The van der Waals surface area contributed by atoms with Crippen LogP contribution in [0.3, 0.4) is 0 Å². The minimum Gasteiger partial charge on any atom is -0.325 e. The maximum absolute atomic E-state index is 11.9. The van der Waals surface area contributed by atoms with E-state index in [4.69, 9.17) is 11.6 Å². The minimum atomic E-state index is -0.543. The monoisotopic (exact) mass is 239 g/mol. The summed E-state index contributed by atoms with van der Waals surface area (Å²) in [6.45, 7) is 7.68. The number of anilines is 1. The van der Waals surface area contributed by atoms with Crippen LogP contribution in [-0.4, -0.2) is 11.8 Å². The maximum Gasteiger partial charge on any atom is 0.231 e. The summed E-state index contributed by atoms with van der Waals surface area (Å²) in [7, 11) is 0. The van der Waals surface area contributed by atoms with Gasteiger partial charge in [0.1, 0.15) is 0 Å². The highest BCUT2D eigenvalue weighted by atomic mass is 35.5. The van der Waals surface area contributed by atoms with Crippen molar-refractivity contribution in [3.05, 3.63) is 29.3 Å². The van der Waals surface area contributed by atoms with Gasteiger partial charge < -0.3 is 5.32 Å². The number of aryl methyl sites for hydroxylation is 2. The number of amides is 1. The third-order valence-electron chi connectivity index (χ3n) is 2.58. The SMILES string of the molecule is Cc1ccc(NC(=O)C(C)(C)CCl)c(C)c1. The van der Waals surface area contributed by atoms with E-state index in [1.807, 2.05) is 45.9 Å². The predicted molar refractivity (Wildman–Crippen MR) is 69.0 cm³/mol. The number of halogens is 1. The van der Waals surface area contributed by atoms with Crippen LogP contribution in [0.2, 0.25) is 0 Å². The Hall–Kier alpha value is -1.02. The van der Waals surface area contributed by atoms with E-state index >= 15 is 0 Å². The molecule has 0 fully saturated rings. The number of alkyl halides is 1. The normalized spacial score (nSPS) is 11.3. The molecule has 2 nitrogen and oxygen atoms in total. The van der Waals surface area contributed by atoms with E-state index in [2.05, 4.69) is 5.32 Å². The average Bonchev–Trinajstić information content (AvgIpc) is 2.22. The van der Waals surface area contributed by atoms with Gasteiger partial charge in [-0.2, -0.15) is 0 Å². The molecule has 0 aliphatic rings. The number of rotatable bonds is 3. The van der Waals surface area contributed by atoms with Gasteiger partial charge in [0.05, 0.1) is 5.41 Å². The van der Waals surface area contributed by atoms with Crippen LogP contribution in [0, 0.1) is 19.3 Å². The molecule has 16 heavy (non-hydrogen) atoms. The van der Waals surface area contributed by atoms with Gasteiger partial charge >= 0.3 is 0 Å². The van der Waals surface area contributed by atoms with E-state index in [1.54, 1.807) is 0 Å². The molecule has 0 aliphatic heterocycles. The lowest BCUT2D eigenvalue weighted by Gasteiger charge is -2.21. The van der Waals surface area contributed by atoms with Crippen LogP contribution in [0.4, 0.5) is 5.69 Å². The van der Waals surface area contributed by atoms with Gasteiger partial charge in [-0.3, -0.25) is 4.79 Å². The molecule has 0 spiro atoms. The van der Waals surface area contributed by atoms with Gasteiger partial charge in [0.2, 0.25) is 5.91 Å². The average molecular weight is 240 g/mol. The van der Waals surface area contributed by atoms with Crippen LogP contribution in [-0.2, 0) is 4.79 Å². The van der Waals surface area contributed by atoms with E-state index in [9.17, 15) is 4.79 Å². The first-order valence-electron chi connectivity index (χ1n) is 5.31. The largest absolute Gasteiger partial charge is 0.325 e. The van der Waals surface area contributed by atoms with Crippen molar-refractivity contribution in [2.24, 2.45) is 5.41 Å². The van der Waals surface area contributed by atoms with Gasteiger partial charge in [-0.25, -0.2) is 0 Å². The zero-order chi connectivity index (χ0) is 12.3. The highest BCUT2D eigenvalue weighted by molar-refractivity contribution is 6.20. The number of hydrogen-bond acceptors (Lipinski definition) is 1. The third-order valence-corrected chi connectivity index (χ3v) is 3.25. The quantitative estimate of drug-likeness (QED) is 0.804. The van der Waals surface area contributed by atoms with Crippen LogP contribution >= 0.6 is 11.6 Å². The molecule has 88 valence electrons. The second-order valence-electron chi connectivity index (χ2n) is 4.79. The lowest BCUT2D eigenvalue weighted by atomic mass is 9.95. The molecular formula is C13H18ClNO. The van der Waals surface area contributed by atoms with Crippen molar-refractivity contribution >= 4 is 23.2 Å². The molecule has 0 aromatic heterocycles. The smallest absolute Gasteiger partial charge is 0.231 e. The molecule has 0 atom stereocenters. The van der Waals surface area contributed by atoms with Gasteiger partial charge in [-0.15, -0.1) is 11.6 Å². The van der Waals surface area contributed by atoms with Gasteiger partial charge in [-0.05, 0) is 39.3 Å². The number of benzene rings is 1. The summed E-state index contributed by atoms with van der Waals surface area (Å²) in [6, 6.07) is 5.95. The Morgan fingerprint density at radius 3 is 2.50 bits per heavy atom. The first-order valence-corrected chi connectivity index (χ1v) is 5.85. The number of nitrogens with one attached hydrogen (secondary N) is 1. The lowest BCUT2D eigenvalue weighted by molar-refractivity contribution is -0.122. The minimum absolute atomic E-state index is 0.0468. The third kappa shape index (κ3) is 2.99. The Labute approximate surface area is 102 Å². The van der Waals surface area contributed by atoms with E-state index in [-0.39, 0.29) is 5.91 Å². The molecule has 1 rings (SSSR count). The summed E-state index contributed by atoms with van der Waals surface area (Å²) in [4.78, 5) is 11.9. The van der Waals surface area contributed by atoms with Crippen LogP contribution in [0.15, 0.2) is 18.2 Å². The van der Waals surface area contributed by atoms with Crippen molar-refractivity contribution in [3.63, 3.8) is 0 Å². The molecule has 1 N–H and O–H groups in total. The summed E-state index contributed by atoms with van der Waals surface area (Å²) < 4.78 is 0. The molecule has 0 saturated carbocycles. The van der Waals surface area contributed by atoms with Crippen LogP contribution in [0.25, 0.3) is 0 Å². The van der Waals surface area contributed by atoms with Crippen molar-refractivity contribution in [2.75, 3.05) is 11.2 Å². The summed E-state index contributed by atoms with van der Waals surface area (Å²) in [6.07, 6.45) is 0. The Morgan fingerprint density at radius 1 is 1.38 bits per heavy atom. The van der Waals surface area contributed by atoms with Gasteiger partial charge in [0.15, 0.2) is 0 Å². The van der Waals surface area contributed by atoms with Crippen molar-refractivity contribution in [2.45, 2.75) is 27.7 Å². The van der Waals surface area contributed by atoms with Gasteiger partial charge in [0, 0.05) is 11.6 Å². The maximum atomic E-state index is 11.9. The fraction of sp³-hybridized carbons (Fsp3) is 0.462. The Morgan fingerprint density at radius 2 is 2.00 bits per heavy atom. The molecule has 0 radical (unpaired) electrons. The van der Waals surface area contributed by atoms with Crippen molar-refractivity contribution in [1.29, 1.82) is 0 Å². The summed E-state index contributed by atoms with van der Waals surface area (Å²) in [5.74, 6) is 0.262. The van der Waals surface area contributed by atoms with Crippen molar-refractivity contribution in [1.82, 2.24) is 0 Å². The fourth-order valence-corrected chi connectivity index (χ4v) is 1.43. The van der Waals surface area contributed by atoms with E-state index in [0.29, 0.717) is 5.88 Å². The Balaban J connectivity index is 2.85. The second-order valence-corrected chi connectivity index (χ2v) is 5.06. The molecule has 0 heterocycles. The first kappa shape index (κ1) is 13.0. The highest BCUT2D eigenvalue weighted by Gasteiger charge is 2.26. The second kappa shape index (κ2) is 4.88. The fourth-order valence-electron chi connectivity index (χ4n) is 1.31. The summed E-state index contributed by atoms with van der Waals surface area (Å²) >= 11 is 5.76. The first-order chi connectivity index (χ1) is 7.36. The molecule has 1 aromatic rings. The molecule has 0 saturated heterocycles. The topological polar surface area (TPSA) is 29.1 Å². The van der Waals surface area contributed by atoms with Crippen molar-refractivity contribution in [3.8, 4) is 0 Å². The van der Waals surface area contributed by atoms with Crippen LogP contribution < -0.4 is 5.32 Å². The molecule has 0 unspecified atom stereocenters. The van der Waals surface area contributed by atoms with E-state index < -0.39 is 5.41 Å². The van der Waals surface area contributed by atoms with Gasteiger partial charge in [0.25, 0.3) is 0 Å². The zero-order valence-electron chi connectivity index (χ0n) is 10.2. The van der Waals surface area contributed by atoms with Crippen molar-refractivity contribution < 1.29 is 4.79 Å². The zero-order valence-corrected chi connectivity index (χ0v) is 11.0. The number of carbonyl (C=O) groups excluding carboxylic acids is 1. The lowest BCUT2D eigenvalue weighted by Crippen LogP contribution is -2.32. The standard InChI is InChI=1S/C13H18ClNO/c1-9-5-6-11(10(2)7-9)15-12(16)13(3,4)8-14/h5-7H,8H2,1-4H3,(H,15,16). The van der Waals surface area contributed by atoms with Crippen LogP contribution in [0.5, 0.6) is 0 Å². The molecule has 0 bridgehead atoms. The Kier molecular flexibility index (Phi) is 3.98.